The molecule has 1 fully saturated rings. The highest BCUT2D eigenvalue weighted by Gasteiger charge is 2.50. The first kappa shape index (κ1) is 21.2. The van der Waals surface area contributed by atoms with Gasteiger partial charge in [0.1, 0.15) is 16.5 Å². The average molecular weight is 438 g/mol. The van der Waals surface area contributed by atoms with Crippen LogP contribution in [-0.2, 0) is 5.41 Å². The zero-order valence-corrected chi connectivity index (χ0v) is 19.0. The minimum Gasteiger partial charge on any atom is -0.497 e. The molecule has 162 valence electrons. The fourth-order valence-electron chi connectivity index (χ4n) is 4.34. The van der Waals surface area contributed by atoms with Gasteiger partial charge in [-0.15, -0.1) is 11.3 Å². The second-order valence-corrected chi connectivity index (χ2v) is 8.85. The lowest BCUT2D eigenvalue weighted by Gasteiger charge is -2.31. The van der Waals surface area contributed by atoms with Crippen LogP contribution in [-0.4, -0.2) is 43.2 Å². The number of benzene rings is 2. The molecule has 0 bridgehead atoms. The van der Waals surface area contributed by atoms with Crippen molar-refractivity contribution in [2.24, 2.45) is 5.92 Å². The van der Waals surface area contributed by atoms with Crippen molar-refractivity contribution in [1.29, 1.82) is 0 Å². The van der Waals surface area contributed by atoms with Crippen LogP contribution in [0.1, 0.15) is 23.1 Å². The van der Waals surface area contributed by atoms with E-state index in [1.807, 2.05) is 16.5 Å². The molecule has 2 heterocycles. The molecule has 1 saturated heterocycles. The molecule has 0 saturated carbocycles. The molecule has 31 heavy (non-hydrogen) atoms. The third-order valence-corrected chi connectivity index (χ3v) is 7.04. The molecule has 0 aliphatic carbocycles. The number of carbonyl (C=O) groups is 1. The second kappa shape index (κ2) is 8.59. The number of urea groups is 1. The molecule has 1 unspecified atom stereocenters. The van der Waals surface area contributed by atoms with E-state index < -0.39 is 0 Å². The van der Waals surface area contributed by atoms with Gasteiger partial charge in [-0.25, -0.2) is 9.78 Å². The summed E-state index contributed by atoms with van der Waals surface area (Å²) in [4.78, 5) is 19.8. The van der Waals surface area contributed by atoms with Gasteiger partial charge >= 0.3 is 6.03 Å². The number of hydrogen-bond acceptors (Lipinski definition) is 5. The molecule has 2 aromatic carbocycles. The number of ether oxygens (including phenoxy) is 2. The summed E-state index contributed by atoms with van der Waals surface area (Å²) in [6.07, 6.45) is 1.84. The van der Waals surface area contributed by atoms with Gasteiger partial charge in [-0.3, -0.25) is 0 Å². The topological polar surface area (TPSA) is 63.7 Å². The fraction of sp³-hybridized carbons (Fsp3) is 0.333. The van der Waals surface area contributed by atoms with Gasteiger partial charge in [0.15, 0.2) is 0 Å². The maximum Gasteiger partial charge on any atom is 0.322 e. The van der Waals surface area contributed by atoms with Crippen molar-refractivity contribution in [2.45, 2.75) is 19.3 Å². The number of hydrogen-bond donors (Lipinski definition) is 1. The highest BCUT2D eigenvalue weighted by Crippen LogP contribution is 2.45. The van der Waals surface area contributed by atoms with E-state index in [0.29, 0.717) is 30.3 Å². The lowest BCUT2D eigenvalue weighted by atomic mass is 9.73. The van der Waals surface area contributed by atoms with E-state index in [9.17, 15) is 4.79 Å². The standard InChI is InChI=1S/C24H27N3O3S/c1-16-5-7-18(8-6-16)24(22-25-11-12-31-22)15-27(14-17(24)2)23(28)26-20-13-19(29-3)9-10-21(20)30-4/h5-13,17H,14-15H2,1-4H3,(H,26,28)/t17-,24?/m0/s1. The van der Waals surface area contributed by atoms with Crippen LogP contribution in [0.4, 0.5) is 10.5 Å². The Morgan fingerprint density at radius 3 is 2.61 bits per heavy atom. The summed E-state index contributed by atoms with van der Waals surface area (Å²) in [6.45, 7) is 5.47. The molecular weight excluding hydrogens is 410 g/mol. The van der Waals surface area contributed by atoms with Crippen molar-refractivity contribution >= 4 is 23.1 Å². The summed E-state index contributed by atoms with van der Waals surface area (Å²) in [5.41, 5.74) is 2.65. The monoisotopic (exact) mass is 437 g/mol. The maximum absolute atomic E-state index is 13.3. The summed E-state index contributed by atoms with van der Waals surface area (Å²) in [7, 11) is 3.18. The van der Waals surface area contributed by atoms with Gasteiger partial charge in [-0.1, -0.05) is 36.8 Å². The van der Waals surface area contributed by atoms with Gasteiger partial charge in [0.25, 0.3) is 0 Å². The van der Waals surface area contributed by atoms with Crippen LogP contribution in [0.25, 0.3) is 0 Å². The zero-order chi connectivity index (χ0) is 22.0. The Balaban J connectivity index is 1.65. The molecule has 6 nitrogen and oxygen atoms in total. The van der Waals surface area contributed by atoms with E-state index in [4.69, 9.17) is 9.47 Å². The van der Waals surface area contributed by atoms with Gasteiger partial charge in [0.2, 0.25) is 0 Å². The molecule has 4 rings (SSSR count). The van der Waals surface area contributed by atoms with Crippen LogP contribution in [0.5, 0.6) is 11.5 Å². The van der Waals surface area contributed by atoms with Crippen LogP contribution >= 0.6 is 11.3 Å². The maximum atomic E-state index is 13.3. The number of rotatable bonds is 5. The molecule has 2 amide bonds. The van der Waals surface area contributed by atoms with Gasteiger partial charge in [-0.2, -0.15) is 0 Å². The number of carbonyl (C=O) groups excluding carboxylic acids is 1. The van der Waals surface area contributed by atoms with Crippen molar-refractivity contribution in [2.75, 3.05) is 32.6 Å². The Morgan fingerprint density at radius 1 is 1.19 bits per heavy atom. The number of thiazole rings is 1. The van der Waals surface area contributed by atoms with Gasteiger partial charge in [-0.05, 0) is 30.5 Å². The lowest BCUT2D eigenvalue weighted by molar-refractivity contribution is 0.220. The minimum absolute atomic E-state index is 0.163. The number of methoxy groups -OCH3 is 2. The van der Waals surface area contributed by atoms with Crippen molar-refractivity contribution in [3.63, 3.8) is 0 Å². The normalized spacial score (nSPS) is 20.5. The number of aromatic nitrogens is 1. The van der Waals surface area contributed by atoms with E-state index in [1.54, 1.807) is 43.8 Å². The predicted molar refractivity (Wildman–Crippen MR) is 123 cm³/mol. The van der Waals surface area contributed by atoms with E-state index in [1.165, 1.54) is 11.1 Å². The smallest absolute Gasteiger partial charge is 0.322 e. The summed E-state index contributed by atoms with van der Waals surface area (Å²) in [6, 6.07) is 13.8. The highest BCUT2D eigenvalue weighted by molar-refractivity contribution is 7.09. The number of aryl methyl sites for hydroxylation is 1. The number of likely N-dealkylation sites (tertiary alicyclic amines) is 1. The lowest BCUT2D eigenvalue weighted by Crippen LogP contribution is -2.38. The van der Waals surface area contributed by atoms with Crippen molar-refractivity contribution in [3.05, 3.63) is 70.2 Å². The third kappa shape index (κ3) is 3.85. The SMILES string of the molecule is COc1ccc(OC)c(NC(=O)N2C[C@H](C)C(c3ccc(C)cc3)(c3nccs3)C2)c1. The summed E-state index contributed by atoms with van der Waals surface area (Å²) in [5.74, 6) is 1.45. The van der Waals surface area contributed by atoms with E-state index in [-0.39, 0.29) is 17.4 Å². The molecule has 1 aliphatic rings. The molecule has 1 aromatic heterocycles. The number of nitrogens with zero attached hydrogens (tertiary/aromatic N) is 2. The number of amides is 2. The molecular formula is C24H27N3O3S. The fourth-order valence-corrected chi connectivity index (χ4v) is 5.31. The molecule has 3 aromatic rings. The van der Waals surface area contributed by atoms with E-state index >= 15 is 0 Å². The average Bonchev–Trinajstić information content (AvgIpc) is 3.43. The minimum atomic E-state index is -0.336. The molecule has 0 spiro atoms. The second-order valence-electron chi connectivity index (χ2n) is 7.95. The Labute approximate surface area is 186 Å². The quantitative estimate of drug-likeness (QED) is 0.614. The van der Waals surface area contributed by atoms with Gasteiger partial charge in [0.05, 0.1) is 25.3 Å². The van der Waals surface area contributed by atoms with Crippen LogP contribution in [0.2, 0.25) is 0 Å². The molecule has 7 heteroatoms. The Bertz CT molecular complexity index is 1050. The third-order valence-electron chi connectivity index (χ3n) is 6.09. The van der Waals surface area contributed by atoms with Crippen LogP contribution < -0.4 is 14.8 Å². The molecule has 0 radical (unpaired) electrons. The Hall–Kier alpha value is -3.06. The first-order valence-electron chi connectivity index (χ1n) is 10.2. The number of nitrogens with one attached hydrogen (secondary N) is 1. The molecule has 1 aliphatic heterocycles. The zero-order valence-electron chi connectivity index (χ0n) is 18.2. The Kier molecular flexibility index (Phi) is 5.87. The van der Waals surface area contributed by atoms with Crippen LogP contribution in [0, 0.1) is 12.8 Å². The van der Waals surface area contributed by atoms with E-state index in [2.05, 4.69) is 48.4 Å². The van der Waals surface area contributed by atoms with Crippen molar-refractivity contribution in [1.82, 2.24) is 9.88 Å². The van der Waals surface area contributed by atoms with Crippen LogP contribution in [0.3, 0.4) is 0 Å². The van der Waals surface area contributed by atoms with E-state index in [0.717, 1.165) is 5.01 Å². The predicted octanol–water partition coefficient (Wildman–Crippen LogP) is 4.94. The summed E-state index contributed by atoms with van der Waals surface area (Å²) in [5, 5.41) is 6.05. The van der Waals surface area contributed by atoms with Crippen molar-refractivity contribution in [3.8, 4) is 11.5 Å². The van der Waals surface area contributed by atoms with Crippen molar-refractivity contribution < 1.29 is 14.3 Å². The van der Waals surface area contributed by atoms with Gasteiger partial charge < -0.3 is 19.7 Å². The number of anilines is 1. The summed E-state index contributed by atoms with van der Waals surface area (Å²) < 4.78 is 10.7. The van der Waals surface area contributed by atoms with Crippen LogP contribution in [0.15, 0.2) is 54.0 Å². The largest absolute Gasteiger partial charge is 0.497 e. The van der Waals surface area contributed by atoms with Gasteiger partial charge in [0, 0.05) is 30.7 Å². The molecule has 1 N–H and O–H groups in total. The highest BCUT2D eigenvalue weighted by atomic mass is 32.1. The molecule has 2 atom stereocenters. The first-order valence-corrected chi connectivity index (χ1v) is 11.1. The Morgan fingerprint density at radius 2 is 1.97 bits per heavy atom. The first-order chi connectivity index (χ1) is 15.0. The summed E-state index contributed by atoms with van der Waals surface area (Å²) >= 11 is 1.64.